The van der Waals surface area contributed by atoms with E-state index in [-0.39, 0.29) is 12.6 Å². The zero-order chi connectivity index (χ0) is 19.2. The Morgan fingerprint density at radius 2 is 1.96 bits per heavy atom. The first kappa shape index (κ1) is 20.4. The van der Waals surface area contributed by atoms with Crippen LogP contribution in [0.5, 0.6) is 0 Å². The molecule has 138 valence electrons. The standard InChI is InChI=1S/C20H22Cl2N2O2/c1-4-11-24(3)20(2,13-15-5-6-17(21)18(22)12-15)14-26-19(25)16-7-9-23-10-8-16/h4-10,12H,1,11,13-14H2,2-3H3. The molecule has 1 unspecified atom stereocenters. The Balaban J connectivity index is 2.17. The lowest BCUT2D eigenvalue weighted by molar-refractivity contribution is 0.0172. The van der Waals surface area contributed by atoms with Gasteiger partial charge in [0.25, 0.3) is 0 Å². The van der Waals surface area contributed by atoms with Gasteiger partial charge in [-0.3, -0.25) is 9.88 Å². The molecule has 0 fully saturated rings. The Bertz CT molecular complexity index is 768. The van der Waals surface area contributed by atoms with Gasteiger partial charge in [0.1, 0.15) is 6.61 Å². The van der Waals surface area contributed by atoms with Gasteiger partial charge < -0.3 is 4.74 Å². The molecule has 0 aliphatic heterocycles. The number of hydrogen-bond acceptors (Lipinski definition) is 4. The predicted octanol–water partition coefficient (Wildman–Crippen LogP) is 4.66. The number of ether oxygens (including phenoxy) is 1. The van der Waals surface area contributed by atoms with Gasteiger partial charge >= 0.3 is 5.97 Å². The molecule has 26 heavy (non-hydrogen) atoms. The number of rotatable bonds is 8. The van der Waals surface area contributed by atoms with Gasteiger partial charge in [-0.25, -0.2) is 4.79 Å². The quantitative estimate of drug-likeness (QED) is 0.483. The summed E-state index contributed by atoms with van der Waals surface area (Å²) in [5.41, 5.74) is 1.05. The maximum Gasteiger partial charge on any atom is 0.338 e. The van der Waals surface area contributed by atoms with E-state index in [9.17, 15) is 4.79 Å². The summed E-state index contributed by atoms with van der Waals surface area (Å²) in [5.74, 6) is -0.375. The van der Waals surface area contributed by atoms with Crippen LogP contribution in [0.15, 0.2) is 55.4 Å². The minimum Gasteiger partial charge on any atom is -0.460 e. The van der Waals surface area contributed by atoms with E-state index in [2.05, 4.69) is 16.5 Å². The molecule has 1 atom stereocenters. The molecule has 1 heterocycles. The number of likely N-dealkylation sites (N-methyl/N-ethyl adjacent to an activating group) is 1. The molecule has 0 saturated heterocycles. The lowest BCUT2D eigenvalue weighted by Crippen LogP contribution is -2.50. The Morgan fingerprint density at radius 3 is 2.58 bits per heavy atom. The molecule has 0 aliphatic rings. The maximum absolute atomic E-state index is 12.3. The van der Waals surface area contributed by atoms with Crippen LogP contribution < -0.4 is 0 Å². The molecule has 0 spiro atoms. The van der Waals surface area contributed by atoms with Crippen LogP contribution in [0.25, 0.3) is 0 Å². The van der Waals surface area contributed by atoms with Crippen molar-refractivity contribution in [2.24, 2.45) is 0 Å². The lowest BCUT2D eigenvalue weighted by Gasteiger charge is -2.38. The highest BCUT2D eigenvalue weighted by molar-refractivity contribution is 6.42. The number of esters is 1. The molecule has 0 bridgehead atoms. The largest absolute Gasteiger partial charge is 0.460 e. The van der Waals surface area contributed by atoms with Crippen molar-refractivity contribution in [3.8, 4) is 0 Å². The summed E-state index contributed by atoms with van der Waals surface area (Å²) in [6.07, 6.45) is 5.58. The Kier molecular flexibility index (Phi) is 7.21. The van der Waals surface area contributed by atoms with E-state index in [1.54, 1.807) is 30.6 Å². The van der Waals surface area contributed by atoms with Crippen molar-refractivity contribution in [2.75, 3.05) is 20.2 Å². The van der Waals surface area contributed by atoms with Gasteiger partial charge in [0.2, 0.25) is 0 Å². The summed E-state index contributed by atoms with van der Waals surface area (Å²) in [5, 5.41) is 1.02. The highest BCUT2D eigenvalue weighted by Gasteiger charge is 2.31. The molecule has 1 aromatic carbocycles. The fourth-order valence-corrected chi connectivity index (χ4v) is 2.91. The maximum atomic E-state index is 12.3. The summed E-state index contributed by atoms with van der Waals surface area (Å²) in [6.45, 7) is 6.71. The van der Waals surface area contributed by atoms with Crippen molar-refractivity contribution in [3.63, 3.8) is 0 Å². The van der Waals surface area contributed by atoms with Crippen LogP contribution >= 0.6 is 23.2 Å². The van der Waals surface area contributed by atoms with E-state index in [0.29, 0.717) is 28.6 Å². The molecule has 0 amide bonds. The minimum atomic E-state index is -0.436. The van der Waals surface area contributed by atoms with Crippen molar-refractivity contribution in [3.05, 3.63) is 76.6 Å². The molecule has 2 rings (SSSR count). The molecule has 0 N–H and O–H groups in total. The van der Waals surface area contributed by atoms with Gasteiger partial charge in [-0.15, -0.1) is 6.58 Å². The Hall–Kier alpha value is -1.88. The summed E-state index contributed by atoms with van der Waals surface area (Å²) < 4.78 is 5.59. The molecule has 0 saturated carbocycles. The predicted molar refractivity (Wildman–Crippen MR) is 106 cm³/mol. The number of carbonyl (C=O) groups excluding carboxylic acids is 1. The Morgan fingerprint density at radius 1 is 1.27 bits per heavy atom. The number of pyridine rings is 1. The number of hydrogen-bond donors (Lipinski definition) is 0. The average Bonchev–Trinajstić information content (AvgIpc) is 2.64. The van der Waals surface area contributed by atoms with E-state index in [4.69, 9.17) is 27.9 Å². The number of halogens is 2. The normalized spacial score (nSPS) is 13.3. The Labute approximate surface area is 164 Å². The third kappa shape index (κ3) is 5.31. The van der Waals surface area contributed by atoms with Crippen LogP contribution in [0.4, 0.5) is 0 Å². The molecule has 0 radical (unpaired) electrons. The first-order valence-corrected chi connectivity index (χ1v) is 8.94. The first-order chi connectivity index (χ1) is 12.4. The van der Waals surface area contributed by atoms with Crippen LogP contribution in [0, 0.1) is 0 Å². The number of benzene rings is 1. The number of aromatic nitrogens is 1. The SMILES string of the molecule is C=CCN(C)C(C)(COC(=O)c1ccncc1)Cc1ccc(Cl)c(Cl)c1. The van der Waals surface area contributed by atoms with Crippen LogP contribution in [-0.4, -0.2) is 41.6 Å². The molecule has 6 heteroatoms. The second-order valence-corrected chi connectivity index (χ2v) is 7.22. The van der Waals surface area contributed by atoms with Crippen molar-refractivity contribution in [1.29, 1.82) is 0 Å². The molecular formula is C20H22Cl2N2O2. The zero-order valence-electron chi connectivity index (χ0n) is 14.9. The lowest BCUT2D eigenvalue weighted by atomic mass is 9.92. The van der Waals surface area contributed by atoms with Gasteiger partial charge in [0.05, 0.1) is 21.1 Å². The van der Waals surface area contributed by atoms with E-state index in [1.165, 1.54) is 0 Å². The highest BCUT2D eigenvalue weighted by atomic mass is 35.5. The minimum absolute atomic E-state index is 0.221. The summed E-state index contributed by atoms with van der Waals surface area (Å²) in [7, 11) is 1.97. The van der Waals surface area contributed by atoms with E-state index < -0.39 is 5.54 Å². The third-order valence-electron chi connectivity index (χ3n) is 4.32. The van der Waals surface area contributed by atoms with Gasteiger partial charge in [-0.2, -0.15) is 0 Å². The second kappa shape index (κ2) is 9.17. The number of carbonyl (C=O) groups is 1. The summed E-state index contributed by atoms with van der Waals surface area (Å²) in [4.78, 5) is 18.3. The third-order valence-corrected chi connectivity index (χ3v) is 5.06. The summed E-state index contributed by atoms with van der Waals surface area (Å²) in [6, 6.07) is 8.81. The van der Waals surface area contributed by atoms with E-state index in [1.807, 2.05) is 32.2 Å². The monoisotopic (exact) mass is 392 g/mol. The molecule has 2 aromatic rings. The summed E-state index contributed by atoms with van der Waals surface area (Å²) >= 11 is 12.1. The van der Waals surface area contributed by atoms with E-state index in [0.717, 1.165) is 5.56 Å². The fraction of sp³-hybridized carbons (Fsp3) is 0.300. The van der Waals surface area contributed by atoms with Gasteiger partial charge in [0.15, 0.2) is 0 Å². The van der Waals surface area contributed by atoms with Crippen molar-refractivity contribution in [1.82, 2.24) is 9.88 Å². The highest BCUT2D eigenvalue weighted by Crippen LogP contribution is 2.27. The second-order valence-electron chi connectivity index (χ2n) is 6.40. The van der Waals surface area contributed by atoms with Crippen LogP contribution in [0.3, 0.4) is 0 Å². The van der Waals surface area contributed by atoms with Crippen LogP contribution in [-0.2, 0) is 11.2 Å². The van der Waals surface area contributed by atoms with Gasteiger partial charge in [-0.1, -0.05) is 35.3 Å². The van der Waals surface area contributed by atoms with Crippen LogP contribution in [0.2, 0.25) is 10.0 Å². The molecule has 0 aliphatic carbocycles. The molecule has 1 aromatic heterocycles. The number of nitrogens with zero attached hydrogens (tertiary/aromatic N) is 2. The topological polar surface area (TPSA) is 42.4 Å². The molecule has 4 nitrogen and oxygen atoms in total. The van der Waals surface area contributed by atoms with E-state index >= 15 is 0 Å². The average molecular weight is 393 g/mol. The smallest absolute Gasteiger partial charge is 0.338 e. The zero-order valence-corrected chi connectivity index (χ0v) is 16.4. The van der Waals surface area contributed by atoms with Crippen molar-refractivity contribution < 1.29 is 9.53 Å². The van der Waals surface area contributed by atoms with Gasteiger partial charge in [-0.05, 0) is 50.2 Å². The van der Waals surface area contributed by atoms with Crippen molar-refractivity contribution >= 4 is 29.2 Å². The molecular weight excluding hydrogens is 371 g/mol. The van der Waals surface area contributed by atoms with Crippen LogP contribution in [0.1, 0.15) is 22.8 Å². The fourth-order valence-electron chi connectivity index (χ4n) is 2.59. The van der Waals surface area contributed by atoms with Crippen molar-refractivity contribution in [2.45, 2.75) is 18.9 Å². The van der Waals surface area contributed by atoms with Gasteiger partial charge in [0, 0.05) is 18.9 Å². The first-order valence-electron chi connectivity index (χ1n) is 8.19.